The van der Waals surface area contributed by atoms with E-state index < -0.39 is 5.92 Å². The molecule has 3 aromatic rings. The molecule has 1 aliphatic heterocycles. The Morgan fingerprint density at radius 2 is 2.03 bits per heavy atom. The van der Waals surface area contributed by atoms with Gasteiger partial charge < -0.3 is 19.4 Å². The number of ether oxygens (including phenoxy) is 2. The van der Waals surface area contributed by atoms with Crippen molar-refractivity contribution in [2.75, 3.05) is 19.0 Å². The van der Waals surface area contributed by atoms with Crippen molar-refractivity contribution in [1.82, 2.24) is 9.55 Å². The van der Waals surface area contributed by atoms with Gasteiger partial charge in [0, 0.05) is 25.1 Å². The van der Waals surface area contributed by atoms with Gasteiger partial charge in [-0.25, -0.2) is 0 Å². The summed E-state index contributed by atoms with van der Waals surface area (Å²) in [7, 11) is 3.34. The summed E-state index contributed by atoms with van der Waals surface area (Å²) in [6.07, 6.45) is 5.41. The summed E-state index contributed by atoms with van der Waals surface area (Å²) in [6.45, 7) is 2.16. The van der Waals surface area contributed by atoms with Crippen LogP contribution >= 0.6 is 11.8 Å². The van der Waals surface area contributed by atoms with Gasteiger partial charge in [0.25, 0.3) is 5.56 Å². The van der Waals surface area contributed by atoms with Gasteiger partial charge in [0.2, 0.25) is 5.91 Å². The van der Waals surface area contributed by atoms with Gasteiger partial charge in [0.05, 0.1) is 12.7 Å². The number of rotatable bonds is 7. The molecule has 8 heteroatoms. The highest BCUT2D eigenvalue weighted by atomic mass is 32.2. The highest BCUT2D eigenvalue weighted by Crippen LogP contribution is 2.39. The number of hydrogen-bond donors (Lipinski definition) is 1. The minimum atomic E-state index is -0.457. The molecule has 1 aromatic heterocycles. The van der Waals surface area contributed by atoms with E-state index in [4.69, 9.17) is 15.9 Å². The van der Waals surface area contributed by atoms with E-state index in [0.717, 1.165) is 5.56 Å². The standard InChI is InChI=1S/C26H25N3O4S/c1-5-12-33-20-11-10-17(13-21(20)32-4)19-14-22(30)27-24-23(19)25(31)28-26(29(24)3)34-15-18-9-7-6-8-16(18)2/h1,6-11,13,19H,12,14-15H2,2-4H3,(H,27,30)/t19-/m1/s1. The Bertz CT molecular complexity index is 1340. The van der Waals surface area contributed by atoms with Gasteiger partial charge in [-0.05, 0) is 35.7 Å². The van der Waals surface area contributed by atoms with Gasteiger partial charge in [-0.1, -0.05) is 48.0 Å². The number of anilines is 1. The molecule has 1 N–H and O–H groups in total. The molecule has 0 saturated heterocycles. The number of terminal acetylenes is 1. The largest absolute Gasteiger partial charge is 0.493 e. The summed E-state index contributed by atoms with van der Waals surface area (Å²) in [6, 6.07) is 13.4. The van der Waals surface area contributed by atoms with E-state index in [-0.39, 0.29) is 24.5 Å². The molecule has 0 spiro atoms. The van der Waals surface area contributed by atoms with Crippen LogP contribution in [0.5, 0.6) is 11.5 Å². The van der Waals surface area contributed by atoms with Crippen LogP contribution in [0.2, 0.25) is 0 Å². The highest BCUT2D eigenvalue weighted by molar-refractivity contribution is 7.98. The molecule has 4 rings (SSSR count). The van der Waals surface area contributed by atoms with Crippen molar-refractivity contribution < 1.29 is 14.3 Å². The average Bonchev–Trinajstić information content (AvgIpc) is 2.84. The summed E-state index contributed by atoms with van der Waals surface area (Å²) >= 11 is 1.46. The fourth-order valence-corrected chi connectivity index (χ4v) is 5.04. The molecule has 34 heavy (non-hydrogen) atoms. The first kappa shape index (κ1) is 23.5. The number of nitrogens with one attached hydrogen (secondary N) is 1. The van der Waals surface area contributed by atoms with Gasteiger partial charge in [0.1, 0.15) is 12.4 Å². The predicted octanol–water partition coefficient (Wildman–Crippen LogP) is 3.88. The Labute approximate surface area is 202 Å². The number of benzene rings is 2. The Morgan fingerprint density at radius 1 is 1.24 bits per heavy atom. The third-order valence-electron chi connectivity index (χ3n) is 5.82. The van der Waals surface area contributed by atoms with Gasteiger partial charge in [-0.2, -0.15) is 4.98 Å². The van der Waals surface area contributed by atoms with Crippen LogP contribution in [0.4, 0.5) is 5.82 Å². The first-order valence-electron chi connectivity index (χ1n) is 10.7. The van der Waals surface area contributed by atoms with Crippen LogP contribution in [-0.4, -0.2) is 29.2 Å². The first-order chi connectivity index (χ1) is 16.4. The Hall–Kier alpha value is -3.70. The molecule has 1 atom stereocenters. The molecule has 0 unspecified atom stereocenters. The van der Waals surface area contributed by atoms with Crippen LogP contribution in [0, 0.1) is 19.3 Å². The summed E-state index contributed by atoms with van der Waals surface area (Å²) in [5.74, 6) is 3.92. The molecule has 0 radical (unpaired) electrons. The van der Waals surface area contributed by atoms with E-state index in [9.17, 15) is 9.59 Å². The SMILES string of the molecule is C#CCOc1ccc([C@H]2CC(=O)Nc3c2c(=O)nc(SCc2ccccc2C)n3C)cc1OC. The van der Waals surface area contributed by atoms with Crippen LogP contribution in [0.3, 0.4) is 0 Å². The number of amides is 1. The number of nitrogens with zero attached hydrogens (tertiary/aromatic N) is 2. The maximum Gasteiger partial charge on any atom is 0.279 e. The molecule has 2 aromatic carbocycles. The van der Waals surface area contributed by atoms with Gasteiger partial charge in [0.15, 0.2) is 16.7 Å². The maximum absolute atomic E-state index is 13.2. The molecule has 0 aliphatic carbocycles. The van der Waals surface area contributed by atoms with E-state index in [1.54, 1.807) is 16.7 Å². The number of aryl methyl sites for hydroxylation is 1. The average molecular weight is 476 g/mol. The van der Waals surface area contributed by atoms with Gasteiger partial charge in [-0.3, -0.25) is 9.59 Å². The molecule has 0 saturated carbocycles. The zero-order chi connectivity index (χ0) is 24.2. The second kappa shape index (κ2) is 10.1. The first-order valence-corrected chi connectivity index (χ1v) is 11.7. The lowest BCUT2D eigenvalue weighted by atomic mass is 9.86. The third-order valence-corrected chi connectivity index (χ3v) is 6.90. The molecule has 0 fully saturated rings. The number of carbonyl (C=O) groups is 1. The van der Waals surface area contributed by atoms with Gasteiger partial charge >= 0.3 is 0 Å². The maximum atomic E-state index is 13.2. The van der Waals surface area contributed by atoms with Crippen LogP contribution in [0.15, 0.2) is 52.4 Å². The lowest BCUT2D eigenvalue weighted by Crippen LogP contribution is -2.33. The van der Waals surface area contributed by atoms with Gasteiger partial charge in [-0.15, -0.1) is 6.42 Å². The topological polar surface area (TPSA) is 82.5 Å². The number of aromatic nitrogens is 2. The lowest BCUT2D eigenvalue weighted by molar-refractivity contribution is -0.116. The van der Waals surface area contributed by atoms with Crippen molar-refractivity contribution in [3.05, 3.63) is 75.1 Å². The van der Waals surface area contributed by atoms with Crippen LogP contribution < -0.4 is 20.3 Å². The van der Waals surface area contributed by atoms with Crippen molar-refractivity contribution in [3.63, 3.8) is 0 Å². The number of fused-ring (bicyclic) bond motifs is 1. The van der Waals surface area contributed by atoms with Crippen molar-refractivity contribution in [1.29, 1.82) is 0 Å². The molecule has 174 valence electrons. The Morgan fingerprint density at radius 3 is 2.76 bits per heavy atom. The fraction of sp³-hybridized carbons (Fsp3) is 0.269. The summed E-state index contributed by atoms with van der Waals surface area (Å²) in [5, 5.41) is 3.42. The van der Waals surface area contributed by atoms with E-state index in [0.29, 0.717) is 33.8 Å². The monoisotopic (exact) mass is 475 g/mol. The van der Waals surface area contributed by atoms with E-state index in [1.807, 2.05) is 25.2 Å². The summed E-state index contributed by atoms with van der Waals surface area (Å²) in [4.78, 5) is 30.2. The highest BCUT2D eigenvalue weighted by Gasteiger charge is 2.32. The number of thioether (sulfide) groups is 1. The zero-order valence-electron chi connectivity index (χ0n) is 19.3. The Balaban J connectivity index is 1.70. The second-order valence-electron chi connectivity index (χ2n) is 7.94. The van der Waals surface area contributed by atoms with Crippen molar-refractivity contribution in [3.8, 4) is 23.8 Å². The summed E-state index contributed by atoms with van der Waals surface area (Å²) < 4.78 is 12.8. The van der Waals surface area contributed by atoms with E-state index in [2.05, 4.69) is 35.3 Å². The second-order valence-corrected chi connectivity index (χ2v) is 8.89. The van der Waals surface area contributed by atoms with Crippen LogP contribution in [-0.2, 0) is 17.6 Å². The smallest absolute Gasteiger partial charge is 0.279 e. The molecule has 1 aliphatic rings. The lowest BCUT2D eigenvalue weighted by Gasteiger charge is -2.28. The molecular formula is C26H25N3O4S. The predicted molar refractivity (Wildman–Crippen MR) is 133 cm³/mol. The van der Waals surface area contributed by atoms with Crippen molar-refractivity contribution in [2.45, 2.75) is 30.2 Å². The summed E-state index contributed by atoms with van der Waals surface area (Å²) in [5.41, 5.74) is 3.22. The van der Waals surface area contributed by atoms with Crippen molar-refractivity contribution >= 4 is 23.5 Å². The third kappa shape index (κ3) is 4.66. The van der Waals surface area contributed by atoms with Crippen LogP contribution in [0.25, 0.3) is 0 Å². The minimum absolute atomic E-state index is 0.109. The number of hydrogen-bond acceptors (Lipinski definition) is 6. The van der Waals surface area contributed by atoms with Crippen LogP contribution in [0.1, 0.15) is 34.6 Å². The molecule has 7 nitrogen and oxygen atoms in total. The van der Waals surface area contributed by atoms with E-state index in [1.165, 1.54) is 30.0 Å². The number of carbonyl (C=O) groups excluding carboxylic acids is 1. The zero-order valence-corrected chi connectivity index (χ0v) is 20.1. The minimum Gasteiger partial charge on any atom is -0.493 e. The van der Waals surface area contributed by atoms with E-state index >= 15 is 0 Å². The molecule has 0 bridgehead atoms. The van der Waals surface area contributed by atoms with Crippen molar-refractivity contribution in [2.24, 2.45) is 7.05 Å². The molecule has 2 heterocycles. The molecule has 1 amide bonds. The Kier molecular flexibility index (Phi) is 6.94. The number of methoxy groups -OCH3 is 1. The normalized spacial score (nSPS) is 14.6. The molecular weight excluding hydrogens is 450 g/mol. The quantitative estimate of drug-likeness (QED) is 0.317. The fourth-order valence-electron chi connectivity index (χ4n) is 4.00.